The van der Waals surface area contributed by atoms with Gasteiger partial charge in [-0.2, -0.15) is 0 Å². The van der Waals surface area contributed by atoms with Gasteiger partial charge in [-0.3, -0.25) is 9.52 Å². The fourth-order valence-corrected chi connectivity index (χ4v) is 4.44. The van der Waals surface area contributed by atoms with Crippen LogP contribution in [0.2, 0.25) is 0 Å². The van der Waals surface area contributed by atoms with Crippen molar-refractivity contribution in [3.63, 3.8) is 0 Å². The van der Waals surface area contributed by atoms with Crippen molar-refractivity contribution in [1.82, 2.24) is 0 Å². The van der Waals surface area contributed by atoms with E-state index >= 15 is 0 Å². The summed E-state index contributed by atoms with van der Waals surface area (Å²) < 4.78 is 37.4. The number of amides is 1. The first-order valence-electron chi connectivity index (χ1n) is 7.35. The van der Waals surface area contributed by atoms with Gasteiger partial charge < -0.3 is 14.8 Å². The Morgan fingerprint density at radius 3 is 2.42 bits per heavy atom. The number of hydrogen-bond acceptors (Lipinski definition) is 7. The molecule has 0 aliphatic rings. The third-order valence-corrected chi connectivity index (χ3v) is 5.94. The van der Waals surface area contributed by atoms with Crippen molar-refractivity contribution in [1.29, 1.82) is 0 Å². The lowest BCUT2D eigenvalue weighted by molar-refractivity contribution is -0.114. The van der Waals surface area contributed by atoms with Crippen molar-refractivity contribution in [3.8, 4) is 5.75 Å². The molecule has 0 saturated heterocycles. The molecule has 0 aliphatic carbocycles. The first-order valence-corrected chi connectivity index (χ1v) is 9.65. The predicted octanol–water partition coefficient (Wildman–Crippen LogP) is 2.61. The normalized spacial score (nSPS) is 10.9. The van der Waals surface area contributed by atoms with E-state index in [9.17, 15) is 18.0 Å². The number of ether oxygens (including phenoxy) is 2. The second-order valence-corrected chi connectivity index (χ2v) is 8.00. The number of carbonyl (C=O) groups excluding carboxylic acids is 2. The number of benzene rings is 1. The van der Waals surface area contributed by atoms with E-state index < -0.39 is 16.0 Å². The smallest absolute Gasteiger partial charge is 0.348 e. The van der Waals surface area contributed by atoms with E-state index in [4.69, 9.17) is 4.74 Å². The Labute approximate surface area is 155 Å². The van der Waals surface area contributed by atoms with Gasteiger partial charge in [0.1, 0.15) is 15.6 Å². The highest BCUT2D eigenvalue weighted by atomic mass is 32.2. The molecule has 0 radical (unpaired) electrons. The minimum Gasteiger partial charge on any atom is -0.495 e. The summed E-state index contributed by atoms with van der Waals surface area (Å²) in [4.78, 5) is 23.1. The number of hydrogen-bond donors (Lipinski definition) is 2. The highest BCUT2D eigenvalue weighted by molar-refractivity contribution is 7.93. The number of nitrogens with one attached hydrogen (secondary N) is 2. The van der Waals surface area contributed by atoms with E-state index in [1.54, 1.807) is 13.0 Å². The van der Waals surface area contributed by atoms with Crippen molar-refractivity contribution in [3.05, 3.63) is 34.7 Å². The van der Waals surface area contributed by atoms with Gasteiger partial charge in [0.05, 0.1) is 24.8 Å². The van der Waals surface area contributed by atoms with Crippen LogP contribution in [-0.2, 0) is 19.6 Å². The summed E-state index contributed by atoms with van der Waals surface area (Å²) in [5.41, 5.74) is 0.969. The number of thiophene rings is 1. The molecule has 140 valence electrons. The molecule has 2 N–H and O–H groups in total. The number of carbonyl (C=O) groups is 2. The lowest BCUT2D eigenvalue weighted by Crippen LogP contribution is -2.13. The van der Waals surface area contributed by atoms with Gasteiger partial charge in [0.2, 0.25) is 5.91 Å². The molecule has 0 bridgehead atoms. The molecule has 0 aliphatic heterocycles. The average molecular weight is 398 g/mol. The molecule has 0 fully saturated rings. The summed E-state index contributed by atoms with van der Waals surface area (Å²) in [6.45, 7) is 3.02. The van der Waals surface area contributed by atoms with Crippen LogP contribution in [0.1, 0.15) is 22.2 Å². The lowest BCUT2D eigenvalue weighted by Gasteiger charge is -2.12. The molecule has 26 heavy (non-hydrogen) atoms. The Bertz CT molecular complexity index is 950. The molecule has 1 aromatic heterocycles. The molecule has 1 heterocycles. The number of methoxy groups -OCH3 is 2. The fourth-order valence-electron chi connectivity index (χ4n) is 2.15. The molecule has 1 amide bonds. The summed E-state index contributed by atoms with van der Waals surface area (Å²) in [5.74, 6) is -0.624. The van der Waals surface area contributed by atoms with Gasteiger partial charge in [0, 0.05) is 13.0 Å². The average Bonchev–Trinajstić information content (AvgIpc) is 2.93. The summed E-state index contributed by atoms with van der Waals surface area (Å²) >= 11 is 0.982. The lowest BCUT2D eigenvalue weighted by atomic mass is 10.3. The Morgan fingerprint density at radius 1 is 1.15 bits per heavy atom. The summed E-state index contributed by atoms with van der Waals surface area (Å²) in [6.07, 6.45) is 0. The Hall–Kier alpha value is -2.59. The second kappa shape index (κ2) is 7.75. The van der Waals surface area contributed by atoms with E-state index in [1.807, 2.05) is 0 Å². The summed E-state index contributed by atoms with van der Waals surface area (Å²) in [6, 6.07) is 5.64. The highest BCUT2D eigenvalue weighted by Gasteiger charge is 2.20. The van der Waals surface area contributed by atoms with Gasteiger partial charge in [-0.05, 0) is 30.7 Å². The Morgan fingerprint density at radius 2 is 1.85 bits per heavy atom. The maximum absolute atomic E-state index is 12.6. The van der Waals surface area contributed by atoms with Gasteiger partial charge in [0.25, 0.3) is 10.0 Å². The van der Waals surface area contributed by atoms with Crippen LogP contribution in [0.5, 0.6) is 5.75 Å². The molecule has 2 aromatic rings. The van der Waals surface area contributed by atoms with Crippen LogP contribution in [0.3, 0.4) is 0 Å². The van der Waals surface area contributed by atoms with Crippen molar-refractivity contribution in [2.24, 2.45) is 0 Å². The van der Waals surface area contributed by atoms with Gasteiger partial charge in [-0.1, -0.05) is 0 Å². The molecular formula is C16H18N2O6S2. The molecular weight excluding hydrogens is 380 g/mol. The quantitative estimate of drug-likeness (QED) is 0.724. The number of sulfonamides is 1. The molecule has 2 rings (SSSR count). The van der Waals surface area contributed by atoms with Gasteiger partial charge in [-0.15, -0.1) is 11.3 Å². The molecule has 0 atom stereocenters. The van der Waals surface area contributed by atoms with Gasteiger partial charge in [0.15, 0.2) is 0 Å². The second-order valence-electron chi connectivity index (χ2n) is 5.26. The summed E-state index contributed by atoms with van der Waals surface area (Å²) in [5, 5.41) is 2.84. The molecule has 10 heteroatoms. The van der Waals surface area contributed by atoms with Crippen LogP contribution in [0, 0.1) is 6.92 Å². The third kappa shape index (κ3) is 4.33. The van der Waals surface area contributed by atoms with Crippen molar-refractivity contribution < 1.29 is 27.5 Å². The first-order chi connectivity index (χ1) is 12.2. The molecule has 1 aromatic carbocycles. The SMILES string of the molecule is COC(=O)c1sc(NS(=O)(=O)c2ccc(NC(C)=O)c(OC)c2)cc1C. The van der Waals surface area contributed by atoms with Crippen LogP contribution in [-0.4, -0.2) is 34.5 Å². The van der Waals surface area contributed by atoms with Gasteiger partial charge in [-0.25, -0.2) is 13.2 Å². The van der Waals surface area contributed by atoms with Crippen molar-refractivity contribution in [2.75, 3.05) is 24.3 Å². The van der Waals surface area contributed by atoms with Gasteiger partial charge >= 0.3 is 5.97 Å². The van der Waals surface area contributed by atoms with E-state index in [-0.39, 0.29) is 21.6 Å². The van der Waals surface area contributed by atoms with E-state index in [1.165, 1.54) is 39.3 Å². The monoisotopic (exact) mass is 398 g/mol. The summed E-state index contributed by atoms with van der Waals surface area (Å²) in [7, 11) is -1.28. The van der Waals surface area contributed by atoms with Crippen molar-refractivity contribution >= 4 is 43.9 Å². The van der Waals surface area contributed by atoms with E-state index in [2.05, 4.69) is 14.8 Å². The molecule has 0 spiro atoms. The number of esters is 1. The Kier molecular flexibility index (Phi) is 5.88. The zero-order valence-electron chi connectivity index (χ0n) is 14.6. The Balaban J connectivity index is 2.33. The predicted molar refractivity (Wildman–Crippen MR) is 98.5 cm³/mol. The number of rotatable bonds is 6. The minimum atomic E-state index is -3.91. The molecule has 0 saturated carbocycles. The number of aryl methyl sites for hydroxylation is 1. The van der Waals surface area contributed by atoms with E-state index in [0.717, 1.165) is 11.3 Å². The zero-order chi connectivity index (χ0) is 19.5. The maximum atomic E-state index is 12.6. The van der Waals surface area contributed by atoms with Crippen LogP contribution in [0.25, 0.3) is 0 Å². The fraction of sp³-hybridized carbons (Fsp3) is 0.250. The zero-order valence-corrected chi connectivity index (χ0v) is 16.2. The molecule has 8 nitrogen and oxygen atoms in total. The van der Waals surface area contributed by atoms with E-state index in [0.29, 0.717) is 16.1 Å². The third-order valence-electron chi connectivity index (χ3n) is 3.32. The van der Waals surface area contributed by atoms with Crippen molar-refractivity contribution in [2.45, 2.75) is 18.7 Å². The standard InChI is InChI=1S/C16H18N2O6S2/c1-9-7-14(25-15(9)16(20)24-4)18-26(21,22)11-5-6-12(17-10(2)19)13(8-11)23-3/h5-8,18H,1-4H3,(H,17,19). The van der Waals surface area contributed by atoms with Crippen LogP contribution in [0.4, 0.5) is 10.7 Å². The topological polar surface area (TPSA) is 111 Å². The number of anilines is 2. The molecule has 0 unspecified atom stereocenters. The maximum Gasteiger partial charge on any atom is 0.348 e. The van der Waals surface area contributed by atoms with Crippen LogP contribution < -0.4 is 14.8 Å². The first kappa shape index (κ1) is 19.7. The largest absolute Gasteiger partial charge is 0.495 e. The van der Waals surface area contributed by atoms with Crippen LogP contribution >= 0.6 is 11.3 Å². The minimum absolute atomic E-state index is 0.0471. The van der Waals surface area contributed by atoms with Crippen LogP contribution in [0.15, 0.2) is 29.2 Å². The highest BCUT2D eigenvalue weighted by Crippen LogP contribution is 2.31.